The Bertz CT molecular complexity index is 907. The predicted octanol–water partition coefficient (Wildman–Crippen LogP) is 3.69. The number of carbonyl (C=O) groups excluding carboxylic acids is 1. The van der Waals surface area contributed by atoms with Crippen LogP contribution in [-0.2, 0) is 17.8 Å². The Labute approximate surface area is 152 Å². The molecule has 0 saturated heterocycles. The Morgan fingerprint density at radius 3 is 2.58 bits per heavy atom. The second-order valence-corrected chi connectivity index (χ2v) is 6.45. The zero-order chi connectivity index (χ0) is 18.5. The van der Waals surface area contributed by atoms with E-state index in [1.165, 1.54) is 12.1 Å². The minimum absolute atomic E-state index is 0.0263. The highest BCUT2D eigenvalue weighted by Crippen LogP contribution is 2.22. The molecule has 0 unspecified atom stereocenters. The average molecular weight is 351 g/mol. The van der Waals surface area contributed by atoms with E-state index in [9.17, 15) is 9.18 Å². The summed E-state index contributed by atoms with van der Waals surface area (Å²) in [4.78, 5) is 18.8. The molecule has 3 rings (SSSR count). The van der Waals surface area contributed by atoms with Crippen LogP contribution < -0.4 is 10.2 Å². The van der Waals surface area contributed by atoms with Gasteiger partial charge in [-0.2, -0.15) is 0 Å². The summed E-state index contributed by atoms with van der Waals surface area (Å²) in [5.74, 6) is 0.570. The fraction of sp³-hybridized carbons (Fsp3) is 0.238. The number of aromatic nitrogens is 1. The van der Waals surface area contributed by atoms with Crippen molar-refractivity contribution in [3.8, 4) is 0 Å². The van der Waals surface area contributed by atoms with Crippen LogP contribution in [0.25, 0.3) is 10.9 Å². The highest BCUT2D eigenvalue weighted by Gasteiger charge is 2.09. The topological polar surface area (TPSA) is 45.2 Å². The monoisotopic (exact) mass is 351 g/mol. The van der Waals surface area contributed by atoms with E-state index in [-0.39, 0.29) is 11.7 Å². The number of benzene rings is 2. The van der Waals surface area contributed by atoms with Gasteiger partial charge in [-0.15, -0.1) is 0 Å². The first kappa shape index (κ1) is 17.9. The summed E-state index contributed by atoms with van der Waals surface area (Å²) in [7, 11) is 3.89. The van der Waals surface area contributed by atoms with Crippen LogP contribution >= 0.6 is 0 Å². The second-order valence-electron chi connectivity index (χ2n) is 6.45. The molecule has 5 heteroatoms. The molecule has 1 amide bonds. The fourth-order valence-corrected chi connectivity index (χ4v) is 2.80. The van der Waals surface area contributed by atoms with E-state index in [2.05, 4.69) is 10.3 Å². The number of fused-ring (bicyclic) bond motifs is 1. The Morgan fingerprint density at radius 2 is 1.85 bits per heavy atom. The lowest BCUT2D eigenvalue weighted by Gasteiger charge is -2.15. The number of aryl methyl sites for hydroxylation is 1. The molecule has 4 nitrogen and oxygen atoms in total. The molecule has 0 bridgehead atoms. The van der Waals surface area contributed by atoms with Gasteiger partial charge in [-0.3, -0.25) is 4.79 Å². The lowest BCUT2D eigenvalue weighted by atomic mass is 10.1. The first-order chi connectivity index (χ1) is 12.5. The number of pyridine rings is 1. The summed E-state index contributed by atoms with van der Waals surface area (Å²) in [6.45, 7) is 0.451. The van der Waals surface area contributed by atoms with Gasteiger partial charge in [0.2, 0.25) is 5.91 Å². The van der Waals surface area contributed by atoms with Crippen LogP contribution in [-0.4, -0.2) is 25.0 Å². The molecular formula is C21H22FN3O. The SMILES string of the molecule is CN(C)c1cc(CNC(=O)CCc2ccc(F)cc2)c2ccccc2n1. The Hall–Kier alpha value is -2.95. The van der Waals surface area contributed by atoms with E-state index < -0.39 is 0 Å². The van der Waals surface area contributed by atoms with Crippen LogP contribution in [0.5, 0.6) is 0 Å². The van der Waals surface area contributed by atoms with Crippen LogP contribution in [0.15, 0.2) is 54.6 Å². The number of nitrogens with zero attached hydrogens (tertiary/aromatic N) is 2. The van der Waals surface area contributed by atoms with E-state index >= 15 is 0 Å². The maximum absolute atomic E-state index is 12.9. The van der Waals surface area contributed by atoms with Crippen LogP contribution in [0.1, 0.15) is 17.5 Å². The largest absolute Gasteiger partial charge is 0.363 e. The average Bonchev–Trinajstić information content (AvgIpc) is 2.65. The smallest absolute Gasteiger partial charge is 0.220 e. The number of hydrogen-bond donors (Lipinski definition) is 1. The molecular weight excluding hydrogens is 329 g/mol. The molecule has 0 aliphatic carbocycles. The standard InChI is InChI=1S/C21H22FN3O/c1-25(2)20-13-16(18-5-3-4-6-19(18)24-20)14-23-21(26)12-9-15-7-10-17(22)11-8-15/h3-8,10-11,13H,9,12,14H2,1-2H3,(H,23,26). The van der Waals surface area contributed by atoms with Crippen molar-refractivity contribution in [1.82, 2.24) is 10.3 Å². The first-order valence-corrected chi connectivity index (χ1v) is 8.60. The molecule has 0 atom stereocenters. The normalized spacial score (nSPS) is 10.7. The Balaban J connectivity index is 1.66. The Morgan fingerprint density at radius 1 is 1.12 bits per heavy atom. The third-order valence-corrected chi connectivity index (χ3v) is 4.28. The Kier molecular flexibility index (Phi) is 5.46. The van der Waals surface area contributed by atoms with Gasteiger partial charge in [0.05, 0.1) is 5.52 Å². The number of carbonyl (C=O) groups is 1. The zero-order valence-electron chi connectivity index (χ0n) is 15.0. The first-order valence-electron chi connectivity index (χ1n) is 8.60. The van der Waals surface area contributed by atoms with Gasteiger partial charge in [-0.25, -0.2) is 9.37 Å². The lowest BCUT2D eigenvalue weighted by Crippen LogP contribution is -2.23. The van der Waals surface area contributed by atoms with Gasteiger partial charge in [-0.05, 0) is 41.8 Å². The minimum Gasteiger partial charge on any atom is -0.363 e. The lowest BCUT2D eigenvalue weighted by molar-refractivity contribution is -0.121. The van der Waals surface area contributed by atoms with Crippen molar-refractivity contribution in [2.24, 2.45) is 0 Å². The summed E-state index contributed by atoms with van der Waals surface area (Å²) in [6, 6.07) is 16.2. The van der Waals surface area contributed by atoms with Gasteiger partial charge in [0.15, 0.2) is 0 Å². The number of hydrogen-bond acceptors (Lipinski definition) is 3. The summed E-state index contributed by atoms with van der Waals surface area (Å²) in [5.41, 5.74) is 2.90. The second kappa shape index (κ2) is 7.95. The fourth-order valence-electron chi connectivity index (χ4n) is 2.80. The van der Waals surface area contributed by atoms with Crippen LogP contribution in [0, 0.1) is 5.82 Å². The molecule has 1 heterocycles. The zero-order valence-corrected chi connectivity index (χ0v) is 15.0. The maximum Gasteiger partial charge on any atom is 0.220 e. The van der Waals surface area contributed by atoms with Crippen LogP contribution in [0.2, 0.25) is 0 Å². The number of anilines is 1. The van der Waals surface area contributed by atoms with Gasteiger partial charge in [0.25, 0.3) is 0 Å². The van der Waals surface area contributed by atoms with E-state index in [0.29, 0.717) is 19.4 Å². The van der Waals surface area contributed by atoms with E-state index in [1.807, 2.05) is 49.3 Å². The van der Waals surface area contributed by atoms with Crippen molar-refractivity contribution in [1.29, 1.82) is 0 Å². The van der Waals surface area contributed by atoms with Crippen LogP contribution in [0.4, 0.5) is 10.2 Å². The highest BCUT2D eigenvalue weighted by molar-refractivity contribution is 5.85. The van der Waals surface area contributed by atoms with Gasteiger partial charge in [-0.1, -0.05) is 30.3 Å². The van der Waals surface area contributed by atoms with E-state index in [1.54, 1.807) is 12.1 Å². The molecule has 1 aromatic heterocycles. The van der Waals surface area contributed by atoms with Crippen molar-refractivity contribution in [2.45, 2.75) is 19.4 Å². The van der Waals surface area contributed by atoms with Gasteiger partial charge < -0.3 is 10.2 Å². The molecule has 2 aromatic carbocycles. The predicted molar refractivity (Wildman–Crippen MR) is 103 cm³/mol. The number of rotatable bonds is 6. The van der Waals surface area contributed by atoms with Gasteiger partial charge in [0, 0.05) is 32.4 Å². The maximum atomic E-state index is 12.9. The van der Waals surface area contributed by atoms with E-state index in [0.717, 1.165) is 27.8 Å². The molecule has 0 aliphatic rings. The molecule has 1 N–H and O–H groups in total. The van der Waals surface area contributed by atoms with Crippen molar-refractivity contribution in [3.05, 3.63) is 71.5 Å². The quantitative estimate of drug-likeness (QED) is 0.737. The van der Waals surface area contributed by atoms with Gasteiger partial charge >= 0.3 is 0 Å². The third-order valence-electron chi connectivity index (χ3n) is 4.28. The molecule has 134 valence electrons. The van der Waals surface area contributed by atoms with Crippen molar-refractivity contribution < 1.29 is 9.18 Å². The summed E-state index contributed by atoms with van der Waals surface area (Å²) >= 11 is 0. The molecule has 0 aliphatic heterocycles. The summed E-state index contributed by atoms with van der Waals surface area (Å²) < 4.78 is 12.9. The van der Waals surface area contributed by atoms with Crippen molar-refractivity contribution in [2.75, 3.05) is 19.0 Å². The van der Waals surface area contributed by atoms with Gasteiger partial charge in [0.1, 0.15) is 11.6 Å². The number of nitrogens with one attached hydrogen (secondary N) is 1. The van der Waals surface area contributed by atoms with Crippen molar-refractivity contribution >= 4 is 22.6 Å². The molecule has 0 fully saturated rings. The highest BCUT2D eigenvalue weighted by atomic mass is 19.1. The number of amides is 1. The molecule has 0 saturated carbocycles. The van der Waals surface area contributed by atoms with Crippen LogP contribution in [0.3, 0.4) is 0 Å². The molecule has 3 aromatic rings. The van der Waals surface area contributed by atoms with E-state index in [4.69, 9.17) is 0 Å². The third kappa shape index (κ3) is 4.36. The van der Waals surface area contributed by atoms with Crippen molar-refractivity contribution in [3.63, 3.8) is 0 Å². The molecule has 0 spiro atoms. The number of para-hydroxylation sites is 1. The summed E-state index contributed by atoms with van der Waals surface area (Å²) in [5, 5.41) is 4.02. The molecule has 0 radical (unpaired) electrons. The molecule has 26 heavy (non-hydrogen) atoms. The summed E-state index contributed by atoms with van der Waals surface area (Å²) in [6.07, 6.45) is 0.960. The number of halogens is 1. The minimum atomic E-state index is -0.264.